The van der Waals surface area contributed by atoms with E-state index in [0.717, 1.165) is 5.75 Å². The van der Waals surface area contributed by atoms with Crippen molar-refractivity contribution in [1.82, 2.24) is 0 Å². The highest BCUT2D eigenvalue weighted by Gasteiger charge is 2.29. The smallest absolute Gasteiger partial charge is 0.0431 e. The van der Waals surface area contributed by atoms with Crippen LogP contribution >= 0.6 is 0 Å². The van der Waals surface area contributed by atoms with Gasteiger partial charge in [0.15, 0.2) is 0 Å². The number of rotatable bonds is 2. The normalized spacial score (nSPS) is 26.0. The van der Waals surface area contributed by atoms with E-state index in [1.165, 1.54) is 44.9 Å². The molecule has 0 bridgehead atoms. The molecular formula is C11H22OS. The predicted molar refractivity (Wildman–Crippen MR) is 59.4 cm³/mol. The van der Waals surface area contributed by atoms with Crippen molar-refractivity contribution in [1.29, 1.82) is 0 Å². The van der Waals surface area contributed by atoms with Gasteiger partial charge in [0.2, 0.25) is 0 Å². The Morgan fingerprint density at radius 2 is 1.54 bits per heavy atom. The first-order valence-corrected chi connectivity index (χ1v) is 6.89. The summed E-state index contributed by atoms with van der Waals surface area (Å²) in [5, 5.41) is 0. The summed E-state index contributed by atoms with van der Waals surface area (Å²) in [6.07, 6.45) is 8.98. The van der Waals surface area contributed by atoms with Crippen LogP contribution in [-0.2, 0) is 10.8 Å². The number of hydrogen-bond acceptors (Lipinski definition) is 1. The molecule has 1 atom stereocenters. The molecule has 1 nitrogen and oxygen atoms in total. The van der Waals surface area contributed by atoms with E-state index >= 15 is 0 Å². The molecule has 0 aromatic rings. The second-order valence-corrected chi connectivity index (χ2v) is 6.61. The van der Waals surface area contributed by atoms with E-state index in [4.69, 9.17) is 0 Å². The molecule has 0 amide bonds. The Balaban J connectivity index is 2.56. The summed E-state index contributed by atoms with van der Waals surface area (Å²) < 4.78 is 12.0. The molecule has 13 heavy (non-hydrogen) atoms. The van der Waals surface area contributed by atoms with Gasteiger partial charge in [-0.2, -0.15) is 0 Å². The zero-order valence-electron chi connectivity index (χ0n) is 8.97. The van der Waals surface area contributed by atoms with Crippen LogP contribution in [0.5, 0.6) is 0 Å². The van der Waals surface area contributed by atoms with Gasteiger partial charge < -0.3 is 0 Å². The van der Waals surface area contributed by atoms with Crippen LogP contribution in [0.25, 0.3) is 0 Å². The quantitative estimate of drug-likeness (QED) is 0.672. The second-order valence-electron chi connectivity index (χ2n) is 4.35. The van der Waals surface area contributed by atoms with E-state index in [1.54, 1.807) is 0 Å². The molecule has 0 spiro atoms. The molecule has 0 N–H and O–H groups in total. The maximum atomic E-state index is 11.9. The van der Waals surface area contributed by atoms with Gasteiger partial charge in [-0.25, -0.2) is 0 Å². The fourth-order valence-electron chi connectivity index (χ4n) is 2.23. The summed E-state index contributed by atoms with van der Waals surface area (Å²) in [5.41, 5.74) is 0. The molecule has 1 fully saturated rings. The lowest BCUT2D eigenvalue weighted by Crippen LogP contribution is -2.32. The Morgan fingerprint density at radius 3 is 2.00 bits per heavy atom. The van der Waals surface area contributed by atoms with E-state index in [-0.39, 0.29) is 4.75 Å². The predicted octanol–water partition coefficient (Wildman–Crippen LogP) is 3.26. The van der Waals surface area contributed by atoms with E-state index in [2.05, 4.69) is 6.92 Å². The molecule has 1 unspecified atom stereocenters. The van der Waals surface area contributed by atoms with Gasteiger partial charge >= 0.3 is 0 Å². The van der Waals surface area contributed by atoms with Gasteiger partial charge in [0, 0.05) is 21.3 Å². The van der Waals surface area contributed by atoms with Gasteiger partial charge in [-0.05, 0) is 19.8 Å². The first kappa shape index (κ1) is 11.2. The summed E-state index contributed by atoms with van der Waals surface area (Å²) in [4.78, 5) is 0. The Morgan fingerprint density at radius 1 is 1.08 bits per heavy atom. The third-order valence-electron chi connectivity index (χ3n) is 3.22. The highest BCUT2D eigenvalue weighted by molar-refractivity contribution is 7.86. The first-order chi connectivity index (χ1) is 6.19. The van der Waals surface area contributed by atoms with Crippen LogP contribution in [0.3, 0.4) is 0 Å². The molecular weight excluding hydrogens is 180 g/mol. The van der Waals surface area contributed by atoms with Crippen LogP contribution in [0.1, 0.15) is 58.8 Å². The molecule has 1 aliphatic carbocycles. The summed E-state index contributed by atoms with van der Waals surface area (Å²) in [6.45, 7) is 4.26. The Labute approximate surface area is 84.8 Å². The van der Waals surface area contributed by atoms with Crippen molar-refractivity contribution < 1.29 is 4.21 Å². The highest BCUT2D eigenvalue weighted by Crippen LogP contribution is 2.31. The van der Waals surface area contributed by atoms with Crippen molar-refractivity contribution in [3.05, 3.63) is 0 Å². The Hall–Kier alpha value is 0.150. The van der Waals surface area contributed by atoms with E-state index in [1.807, 2.05) is 6.92 Å². The van der Waals surface area contributed by atoms with Crippen molar-refractivity contribution >= 4 is 10.8 Å². The fourth-order valence-corrected chi connectivity index (χ4v) is 3.67. The second kappa shape index (κ2) is 5.14. The van der Waals surface area contributed by atoms with Gasteiger partial charge in [0.1, 0.15) is 0 Å². The molecule has 1 rings (SSSR count). The molecule has 78 valence electrons. The minimum Gasteiger partial charge on any atom is -0.259 e. The van der Waals surface area contributed by atoms with Crippen LogP contribution in [0, 0.1) is 0 Å². The molecule has 1 saturated carbocycles. The molecule has 0 aromatic carbocycles. The minimum atomic E-state index is -0.598. The van der Waals surface area contributed by atoms with Gasteiger partial charge in [-0.1, -0.05) is 39.0 Å². The lowest BCUT2D eigenvalue weighted by Gasteiger charge is -2.30. The van der Waals surface area contributed by atoms with Crippen molar-refractivity contribution in [2.75, 3.05) is 5.75 Å². The maximum Gasteiger partial charge on any atom is 0.0431 e. The molecule has 0 saturated heterocycles. The highest BCUT2D eigenvalue weighted by atomic mass is 32.2. The molecule has 0 radical (unpaired) electrons. The summed E-state index contributed by atoms with van der Waals surface area (Å²) in [7, 11) is -0.598. The van der Waals surface area contributed by atoms with Gasteiger partial charge in [-0.15, -0.1) is 0 Å². The average molecular weight is 202 g/mol. The molecule has 0 heterocycles. The van der Waals surface area contributed by atoms with Crippen LogP contribution in [-0.4, -0.2) is 14.7 Å². The molecule has 0 aromatic heterocycles. The maximum absolute atomic E-state index is 11.9. The molecule has 0 aliphatic heterocycles. The first-order valence-electron chi connectivity index (χ1n) is 5.57. The standard InChI is InChI=1S/C11H22OS/c1-3-13(12)11(2)9-7-5-4-6-8-10-11/h3-10H2,1-2H3. The zero-order chi connectivity index (χ0) is 9.73. The van der Waals surface area contributed by atoms with Gasteiger partial charge in [0.25, 0.3) is 0 Å². The van der Waals surface area contributed by atoms with Gasteiger partial charge in [0.05, 0.1) is 0 Å². The lowest BCUT2D eigenvalue weighted by molar-refractivity contribution is 0.426. The average Bonchev–Trinajstić information content (AvgIpc) is 2.10. The Kier molecular flexibility index (Phi) is 4.43. The SMILES string of the molecule is CCS(=O)C1(C)CCCCCCC1. The van der Waals surface area contributed by atoms with Crippen LogP contribution in [0.4, 0.5) is 0 Å². The van der Waals surface area contributed by atoms with Crippen molar-refractivity contribution in [3.8, 4) is 0 Å². The van der Waals surface area contributed by atoms with Crippen molar-refractivity contribution in [2.45, 2.75) is 63.5 Å². The monoisotopic (exact) mass is 202 g/mol. The minimum absolute atomic E-state index is 0.134. The number of hydrogen-bond donors (Lipinski definition) is 0. The Bertz CT molecular complexity index is 169. The summed E-state index contributed by atoms with van der Waals surface area (Å²) >= 11 is 0. The summed E-state index contributed by atoms with van der Waals surface area (Å²) in [6, 6.07) is 0. The van der Waals surface area contributed by atoms with Crippen molar-refractivity contribution in [2.24, 2.45) is 0 Å². The van der Waals surface area contributed by atoms with E-state index < -0.39 is 10.8 Å². The zero-order valence-corrected chi connectivity index (χ0v) is 9.79. The molecule has 2 heteroatoms. The molecule has 1 aliphatic rings. The topological polar surface area (TPSA) is 17.1 Å². The van der Waals surface area contributed by atoms with Crippen molar-refractivity contribution in [3.63, 3.8) is 0 Å². The third-order valence-corrected chi connectivity index (χ3v) is 5.25. The summed E-state index contributed by atoms with van der Waals surface area (Å²) in [5.74, 6) is 0.830. The largest absolute Gasteiger partial charge is 0.259 e. The van der Waals surface area contributed by atoms with E-state index in [0.29, 0.717) is 0 Å². The van der Waals surface area contributed by atoms with Crippen LogP contribution < -0.4 is 0 Å². The third kappa shape index (κ3) is 3.08. The van der Waals surface area contributed by atoms with Gasteiger partial charge in [-0.3, -0.25) is 4.21 Å². The van der Waals surface area contributed by atoms with Crippen LogP contribution in [0.15, 0.2) is 0 Å². The van der Waals surface area contributed by atoms with Crippen LogP contribution in [0.2, 0.25) is 0 Å². The fraction of sp³-hybridized carbons (Fsp3) is 1.00. The van der Waals surface area contributed by atoms with E-state index in [9.17, 15) is 4.21 Å². The lowest BCUT2D eigenvalue weighted by atomic mass is 9.92.